The zero-order valence-corrected chi connectivity index (χ0v) is 21.8. The van der Waals surface area contributed by atoms with Crippen LogP contribution in [0.25, 0.3) is 16.8 Å². The van der Waals surface area contributed by atoms with Gasteiger partial charge in [0.05, 0.1) is 0 Å². The van der Waals surface area contributed by atoms with Crippen LogP contribution >= 0.6 is 0 Å². The lowest BCUT2D eigenvalue weighted by atomic mass is 9.50. The van der Waals surface area contributed by atoms with Crippen LogP contribution in [0.15, 0.2) is 103 Å². The van der Waals surface area contributed by atoms with Gasteiger partial charge in [-0.15, -0.1) is 0 Å². The van der Waals surface area contributed by atoms with Gasteiger partial charge in [-0.2, -0.15) is 0 Å². The Morgan fingerprint density at radius 3 is 2.11 bits per heavy atom. The summed E-state index contributed by atoms with van der Waals surface area (Å²) in [5.74, 6) is 2.35. The molecule has 6 rings (SSSR count). The summed E-state index contributed by atoms with van der Waals surface area (Å²) < 4.78 is 0. The van der Waals surface area contributed by atoms with Crippen molar-refractivity contribution < 1.29 is 0 Å². The van der Waals surface area contributed by atoms with Crippen molar-refractivity contribution in [3.8, 4) is 11.1 Å². The molecule has 0 radical (unpaired) electrons. The second-order valence-corrected chi connectivity index (χ2v) is 10.8. The third kappa shape index (κ3) is 3.47. The van der Waals surface area contributed by atoms with Crippen LogP contribution in [0.4, 0.5) is 5.69 Å². The van der Waals surface area contributed by atoms with Crippen molar-refractivity contribution in [2.45, 2.75) is 40.0 Å². The van der Waals surface area contributed by atoms with Gasteiger partial charge in [0.25, 0.3) is 0 Å². The summed E-state index contributed by atoms with van der Waals surface area (Å²) in [6.45, 7) is 11.5. The smallest absolute Gasteiger partial charge is 0.321 e. The third-order valence-electron chi connectivity index (χ3n) is 8.03. The van der Waals surface area contributed by atoms with Gasteiger partial charge in [0.2, 0.25) is 0 Å². The van der Waals surface area contributed by atoms with E-state index in [1.165, 1.54) is 61.4 Å². The first-order valence-electron chi connectivity index (χ1n) is 12.9. The monoisotopic (exact) mass is 465 g/mol. The summed E-state index contributed by atoms with van der Waals surface area (Å²) in [7, 11) is 0. The molecule has 0 amide bonds. The first-order chi connectivity index (χ1) is 17.4. The number of rotatable bonds is 3. The highest BCUT2D eigenvalue weighted by molar-refractivity contribution is 6.83. The summed E-state index contributed by atoms with van der Waals surface area (Å²) >= 11 is 0. The number of fused-ring (bicyclic) bond motifs is 3. The zero-order chi connectivity index (χ0) is 25.0. The fourth-order valence-electron chi connectivity index (χ4n) is 6.44. The molecule has 4 aromatic rings. The van der Waals surface area contributed by atoms with E-state index in [9.17, 15) is 0 Å². The van der Waals surface area contributed by atoms with Gasteiger partial charge in [-0.05, 0) is 72.3 Å². The van der Waals surface area contributed by atoms with E-state index >= 15 is 0 Å². The highest BCUT2D eigenvalue weighted by Gasteiger charge is 2.37. The summed E-state index contributed by atoms with van der Waals surface area (Å²) in [6, 6.07) is 31.4. The Kier molecular flexibility index (Phi) is 5.30. The molecule has 0 unspecified atom stereocenters. The number of benzene rings is 4. The maximum atomic E-state index is 2.54. The molecule has 2 heteroatoms. The minimum Gasteiger partial charge on any atom is -0.377 e. The summed E-state index contributed by atoms with van der Waals surface area (Å²) in [5.41, 5.74) is 14.6. The Hall–Kier alpha value is -3.78. The molecule has 0 N–H and O–H groups in total. The van der Waals surface area contributed by atoms with Crippen LogP contribution in [0.1, 0.15) is 47.2 Å². The van der Waals surface area contributed by atoms with Crippen LogP contribution in [-0.2, 0) is 5.41 Å². The van der Waals surface area contributed by atoms with Crippen LogP contribution in [0.3, 0.4) is 0 Å². The minimum absolute atomic E-state index is 0.0324. The fourth-order valence-corrected chi connectivity index (χ4v) is 6.44. The molecule has 2 aliphatic rings. The van der Waals surface area contributed by atoms with Gasteiger partial charge in [0.15, 0.2) is 0 Å². The van der Waals surface area contributed by atoms with Crippen LogP contribution in [0.5, 0.6) is 0 Å². The van der Waals surface area contributed by atoms with E-state index in [1.54, 1.807) is 0 Å². The molecule has 0 fully saturated rings. The van der Waals surface area contributed by atoms with E-state index in [1.807, 2.05) is 0 Å². The van der Waals surface area contributed by atoms with Gasteiger partial charge in [-0.3, -0.25) is 0 Å². The van der Waals surface area contributed by atoms with Crippen LogP contribution in [0, 0.1) is 20.8 Å². The van der Waals surface area contributed by atoms with Crippen molar-refractivity contribution in [1.29, 1.82) is 0 Å². The summed E-state index contributed by atoms with van der Waals surface area (Å²) in [5, 5.41) is 0. The molecule has 0 saturated carbocycles. The molecular formula is C34H32BN. The molecule has 0 bridgehead atoms. The average Bonchev–Trinajstić information content (AvgIpc) is 3.10. The number of hydrogen-bond donors (Lipinski definition) is 0. The topological polar surface area (TPSA) is 3.24 Å². The molecular weight excluding hydrogens is 433 g/mol. The third-order valence-corrected chi connectivity index (χ3v) is 8.03. The lowest BCUT2D eigenvalue weighted by molar-refractivity contribution is 0.660. The molecule has 1 aliphatic heterocycles. The minimum atomic E-state index is -0.0324. The summed E-state index contributed by atoms with van der Waals surface area (Å²) in [4.78, 5) is 2.54. The van der Waals surface area contributed by atoms with Crippen molar-refractivity contribution in [3.05, 3.63) is 136 Å². The lowest BCUT2D eigenvalue weighted by Crippen LogP contribution is -2.49. The molecule has 0 atom stereocenters. The number of aryl methyl sites for hydroxylation is 3. The quantitative estimate of drug-likeness (QED) is 0.279. The molecule has 36 heavy (non-hydrogen) atoms. The molecule has 176 valence electrons. The number of hydrogen-bond acceptors (Lipinski definition) is 1. The van der Waals surface area contributed by atoms with E-state index in [0.29, 0.717) is 0 Å². The van der Waals surface area contributed by atoms with Gasteiger partial charge in [0, 0.05) is 16.8 Å². The SMILES string of the molecule is Cc1cc(C)c(B2C=CC=C(c3ccccc3)N2c2ccc3c(c2)C(C)(C)c2ccccc2-3)c(C)c1. The van der Waals surface area contributed by atoms with Gasteiger partial charge >= 0.3 is 6.85 Å². The predicted octanol–water partition coefficient (Wildman–Crippen LogP) is 7.77. The number of allylic oxidation sites excluding steroid dienone is 2. The van der Waals surface area contributed by atoms with Gasteiger partial charge in [0.1, 0.15) is 0 Å². The van der Waals surface area contributed by atoms with Crippen molar-refractivity contribution in [1.82, 2.24) is 0 Å². The molecule has 1 aliphatic carbocycles. The van der Waals surface area contributed by atoms with Gasteiger partial charge in [-0.1, -0.05) is 115 Å². The largest absolute Gasteiger partial charge is 0.377 e. The van der Waals surface area contributed by atoms with E-state index in [4.69, 9.17) is 0 Å². The maximum absolute atomic E-state index is 2.54. The Bertz CT molecular complexity index is 1520. The van der Waals surface area contributed by atoms with E-state index in [0.717, 1.165) is 0 Å². The molecule has 1 heterocycles. The van der Waals surface area contributed by atoms with Crippen molar-refractivity contribution in [2.24, 2.45) is 0 Å². The number of nitrogens with zero attached hydrogens (tertiary/aromatic N) is 1. The van der Waals surface area contributed by atoms with Crippen molar-refractivity contribution in [2.75, 3.05) is 4.81 Å². The maximum Gasteiger partial charge on any atom is 0.321 e. The average molecular weight is 465 g/mol. The molecule has 1 nitrogen and oxygen atoms in total. The van der Waals surface area contributed by atoms with Crippen LogP contribution in [-0.4, -0.2) is 6.85 Å². The summed E-state index contributed by atoms with van der Waals surface area (Å²) in [6.07, 6.45) is 4.49. The fraction of sp³-hybridized carbons (Fsp3) is 0.176. The lowest BCUT2D eigenvalue weighted by Gasteiger charge is -2.37. The van der Waals surface area contributed by atoms with Crippen molar-refractivity contribution in [3.63, 3.8) is 0 Å². The standard InChI is InChI=1S/C34H32BN/c1-23-20-24(2)33(25(3)21-23)35-19-11-16-32(26-12-7-6-8-13-26)36(35)27-17-18-29-28-14-9-10-15-30(28)34(4,5)31(29)22-27/h6-22H,1-5H3. The molecule has 0 aromatic heterocycles. The Labute approximate surface area is 215 Å². The Balaban J connectivity index is 1.56. The van der Waals surface area contributed by atoms with Crippen LogP contribution in [0.2, 0.25) is 0 Å². The first-order valence-corrected chi connectivity index (χ1v) is 12.9. The van der Waals surface area contributed by atoms with Crippen LogP contribution < -0.4 is 10.3 Å². The zero-order valence-electron chi connectivity index (χ0n) is 21.8. The second kappa shape index (κ2) is 8.41. The van der Waals surface area contributed by atoms with Crippen molar-refractivity contribution >= 4 is 23.7 Å². The molecule has 0 spiro atoms. The molecule has 4 aromatic carbocycles. The second-order valence-electron chi connectivity index (χ2n) is 10.8. The first kappa shape index (κ1) is 22.7. The number of anilines is 1. The van der Waals surface area contributed by atoms with E-state index in [-0.39, 0.29) is 12.3 Å². The van der Waals surface area contributed by atoms with Gasteiger partial charge in [-0.25, -0.2) is 0 Å². The normalized spacial score (nSPS) is 15.5. The predicted molar refractivity (Wildman–Crippen MR) is 156 cm³/mol. The Morgan fingerprint density at radius 1 is 0.694 bits per heavy atom. The molecule has 0 saturated heterocycles. The van der Waals surface area contributed by atoms with E-state index in [2.05, 4.69) is 142 Å². The highest BCUT2D eigenvalue weighted by atomic mass is 15.1. The van der Waals surface area contributed by atoms with Gasteiger partial charge < -0.3 is 4.81 Å². The van der Waals surface area contributed by atoms with E-state index < -0.39 is 0 Å². The Morgan fingerprint density at radius 2 is 1.36 bits per heavy atom. The highest BCUT2D eigenvalue weighted by Crippen LogP contribution is 2.50.